The second-order valence-corrected chi connectivity index (χ2v) is 7.77. The van der Waals surface area contributed by atoms with Crippen LogP contribution in [0.4, 0.5) is 0 Å². The fourth-order valence-electron chi connectivity index (χ4n) is 3.03. The predicted molar refractivity (Wildman–Crippen MR) is 119 cm³/mol. The summed E-state index contributed by atoms with van der Waals surface area (Å²) in [5, 5.41) is 42.7. The predicted octanol–water partition coefficient (Wildman–Crippen LogP) is 3.09. The molecule has 0 bridgehead atoms. The molecule has 0 rings (SSSR count). The fourth-order valence-corrected chi connectivity index (χ4v) is 3.03. The van der Waals surface area contributed by atoms with Crippen LogP contribution in [0.15, 0.2) is 0 Å². The lowest BCUT2D eigenvalue weighted by Gasteiger charge is -2.15. The molecule has 0 heterocycles. The zero-order valence-electron chi connectivity index (χ0n) is 19.1. The Morgan fingerprint density at radius 1 is 0.667 bits per heavy atom. The SMILES string of the molecule is CCCCCCCCCCCCCCCCC(O)C(=O)OC(CO)CO.OCCO. The van der Waals surface area contributed by atoms with Gasteiger partial charge in [0.25, 0.3) is 0 Å². The summed E-state index contributed by atoms with van der Waals surface area (Å²) >= 11 is 0. The van der Waals surface area contributed by atoms with Crippen LogP contribution in [-0.4, -0.2) is 70.1 Å². The third kappa shape index (κ3) is 23.5. The first-order valence-corrected chi connectivity index (χ1v) is 11.9. The molecule has 0 aliphatic heterocycles. The van der Waals surface area contributed by atoms with E-state index in [0.717, 1.165) is 19.3 Å². The van der Waals surface area contributed by atoms with Gasteiger partial charge in [-0.15, -0.1) is 0 Å². The van der Waals surface area contributed by atoms with Gasteiger partial charge in [-0.2, -0.15) is 0 Å². The van der Waals surface area contributed by atoms with Crippen LogP contribution >= 0.6 is 0 Å². The maximum Gasteiger partial charge on any atom is 0.335 e. The van der Waals surface area contributed by atoms with Gasteiger partial charge in [0.05, 0.1) is 26.4 Å². The van der Waals surface area contributed by atoms with Crippen molar-refractivity contribution in [3.8, 4) is 0 Å². The van der Waals surface area contributed by atoms with Crippen molar-refractivity contribution in [2.45, 2.75) is 115 Å². The van der Waals surface area contributed by atoms with E-state index in [1.165, 1.54) is 70.6 Å². The molecule has 0 fully saturated rings. The third-order valence-electron chi connectivity index (χ3n) is 4.89. The summed E-state index contributed by atoms with van der Waals surface area (Å²) < 4.78 is 4.79. The highest BCUT2D eigenvalue weighted by Gasteiger charge is 2.20. The Balaban J connectivity index is 0. The van der Waals surface area contributed by atoms with E-state index in [9.17, 15) is 9.90 Å². The zero-order valence-corrected chi connectivity index (χ0v) is 19.1. The van der Waals surface area contributed by atoms with Crippen LogP contribution in [0, 0.1) is 0 Å². The van der Waals surface area contributed by atoms with E-state index in [1.807, 2.05) is 0 Å². The fraction of sp³-hybridized carbons (Fsp3) is 0.957. The molecule has 0 aromatic heterocycles. The first kappa shape index (κ1) is 31.5. The Morgan fingerprint density at radius 2 is 1.03 bits per heavy atom. The smallest absolute Gasteiger partial charge is 0.335 e. The van der Waals surface area contributed by atoms with Gasteiger partial charge in [0.1, 0.15) is 6.10 Å². The van der Waals surface area contributed by atoms with Crippen molar-refractivity contribution >= 4 is 5.97 Å². The van der Waals surface area contributed by atoms with Crippen molar-refractivity contribution in [3.05, 3.63) is 0 Å². The minimum atomic E-state index is -1.16. The van der Waals surface area contributed by atoms with Crippen LogP contribution in [0.5, 0.6) is 0 Å². The molecule has 5 N–H and O–H groups in total. The average molecular weight is 437 g/mol. The van der Waals surface area contributed by atoms with Gasteiger partial charge in [-0.3, -0.25) is 0 Å². The van der Waals surface area contributed by atoms with Crippen LogP contribution in [0.3, 0.4) is 0 Å². The van der Waals surface area contributed by atoms with Crippen LogP contribution in [0.2, 0.25) is 0 Å². The number of aliphatic hydroxyl groups excluding tert-OH is 5. The monoisotopic (exact) mass is 436 g/mol. The zero-order chi connectivity index (χ0) is 22.9. The lowest BCUT2D eigenvalue weighted by Crippen LogP contribution is -2.32. The van der Waals surface area contributed by atoms with E-state index in [0.29, 0.717) is 6.42 Å². The molecule has 0 aliphatic carbocycles. The molecule has 0 aromatic rings. The molecule has 1 atom stereocenters. The summed E-state index contributed by atoms with van der Waals surface area (Å²) in [7, 11) is 0. The summed E-state index contributed by atoms with van der Waals surface area (Å²) in [6.07, 6.45) is 16.0. The summed E-state index contributed by atoms with van der Waals surface area (Å²) in [4.78, 5) is 11.5. The number of esters is 1. The van der Waals surface area contributed by atoms with Crippen LogP contribution in [0.1, 0.15) is 103 Å². The number of unbranched alkanes of at least 4 members (excludes halogenated alkanes) is 13. The minimum Gasteiger partial charge on any atom is -0.456 e. The summed E-state index contributed by atoms with van der Waals surface area (Å²) in [5.74, 6) is -0.757. The van der Waals surface area contributed by atoms with Gasteiger partial charge in [-0.05, 0) is 6.42 Å². The summed E-state index contributed by atoms with van der Waals surface area (Å²) in [6.45, 7) is 1.13. The van der Waals surface area contributed by atoms with Crippen molar-refractivity contribution in [3.63, 3.8) is 0 Å². The normalized spacial score (nSPS) is 11.8. The molecule has 0 saturated heterocycles. The largest absolute Gasteiger partial charge is 0.456 e. The number of hydrogen-bond donors (Lipinski definition) is 5. The van der Waals surface area contributed by atoms with E-state index in [-0.39, 0.29) is 13.2 Å². The van der Waals surface area contributed by atoms with Crippen molar-refractivity contribution in [2.24, 2.45) is 0 Å². The van der Waals surface area contributed by atoms with Gasteiger partial charge in [-0.25, -0.2) is 4.79 Å². The highest BCUT2D eigenvalue weighted by molar-refractivity contribution is 5.74. The first-order valence-electron chi connectivity index (χ1n) is 11.9. The lowest BCUT2D eigenvalue weighted by atomic mass is 10.0. The van der Waals surface area contributed by atoms with Crippen LogP contribution < -0.4 is 0 Å². The lowest BCUT2D eigenvalue weighted by molar-refractivity contribution is -0.163. The molecule has 0 spiro atoms. The van der Waals surface area contributed by atoms with E-state index >= 15 is 0 Å². The van der Waals surface area contributed by atoms with Crippen molar-refractivity contribution in [1.29, 1.82) is 0 Å². The highest BCUT2D eigenvalue weighted by atomic mass is 16.6. The molecule has 0 aromatic carbocycles. The Bertz CT molecular complexity index is 334. The van der Waals surface area contributed by atoms with E-state index in [4.69, 9.17) is 25.2 Å². The average Bonchev–Trinajstić information content (AvgIpc) is 2.77. The molecule has 30 heavy (non-hydrogen) atoms. The van der Waals surface area contributed by atoms with E-state index in [1.54, 1.807) is 0 Å². The van der Waals surface area contributed by atoms with Crippen LogP contribution in [-0.2, 0) is 9.53 Å². The Kier molecular flexibility index (Phi) is 27.6. The molecule has 1 unspecified atom stereocenters. The highest BCUT2D eigenvalue weighted by Crippen LogP contribution is 2.14. The number of carbonyl (C=O) groups is 1. The second kappa shape index (κ2) is 26.3. The van der Waals surface area contributed by atoms with Gasteiger partial charge in [0, 0.05) is 0 Å². The minimum absolute atomic E-state index is 0.125. The first-order chi connectivity index (χ1) is 14.6. The summed E-state index contributed by atoms with van der Waals surface area (Å²) in [5.41, 5.74) is 0. The van der Waals surface area contributed by atoms with Gasteiger partial charge >= 0.3 is 5.97 Å². The van der Waals surface area contributed by atoms with Gasteiger partial charge in [0.15, 0.2) is 6.10 Å². The third-order valence-corrected chi connectivity index (χ3v) is 4.89. The van der Waals surface area contributed by atoms with Gasteiger partial charge in [0.2, 0.25) is 0 Å². The molecule has 0 radical (unpaired) electrons. The van der Waals surface area contributed by atoms with Crippen molar-refractivity contribution in [1.82, 2.24) is 0 Å². The van der Waals surface area contributed by atoms with Crippen molar-refractivity contribution in [2.75, 3.05) is 26.4 Å². The number of hydrogen-bond acceptors (Lipinski definition) is 7. The molecule has 0 amide bonds. The topological polar surface area (TPSA) is 127 Å². The van der Waals surface area contributed by atoms with E-state index in [2.05, 4.69) is 6.92 Å². The second-order valence-electron chi connectivity index (χ2n) is 7.77. The number of rotatable bonds is 20. The Labute approximate surface area is 183 Å². The molecule has 0 saturated carbocycles. The molecular weight excluding hydrogens is 388 g/mol. The number of carbonyl (C=O) groups excluding carboxylic acids is 1. The molecule has 7 nitrogen and oxygen atoms in total. The Hall–Kier alpha value is -0.730. The van der Waals surface area contributed by atoms with Gasteiger partial charge < -0.3 is 30.3 Å². The molecular formula is C23H48O7. The standard InChI is InChI=1S/C21H42O5.C2H6O2/c1-2-3-4-5-6-7-8-9-10-11-12-13-14-15-16-20(24)21(25)26-19(17-22)18-23;3-1-2-4/h19-20,22-24H,2-18H2,1H3;3-4H,1-2H2. The maximum atomic E-state index is 11.5. The van der Waals surface area contributed by atoms with E-state index < -0.39 is 31.4 Å². The number of ether oxygens (including phenoxy) is 1. The summed E-state index contributed by atoms with van der Waals surface area (Å²) in [6, 6.07) is 0. The molecule has 7 heteroatoms. The Morgan fingerprint density at radius 3 is 1.37 bits per heavy atom. The molecule has 0 aliphatic rings. The molecule has 182 valence electrons. The van der Waals surface area contributed by atoms with Gasteiger partial charge in [-0.1, -0.05) is 96.8 Å². The van der Waals surface area contributed by atoms with Crippen LogP contribution in [0.25, 0.3) is 0 Å². The quantitative estimate of drug-likeness (QED) is 0.147. The number of aliphatic hydroxyl groups is 5. The van der Waals surface area contributed by atoms with Crippen molar-refractivity contribution < 1.29 is 35.1 Å². The maximum absolute atomic E-state index is 11.5.